The lowest BCUT2D eigenvalue weighted by Crippen LogP contribution is -2.50. The molecule has 2 aliphatic carbocycles. The van der Waals surface area contributed by atoms with Crippen molar-refractivity contribution in [3.05, 3.63) is 0 Å². The fourth-order valence-corrected chi connectivity index (χ4v) is 6.54. The molecule has 0 aromatic heterocycles. The van der Waals surface area contributed by atoms with Crippen LogP contribution in [0.5, 0.6) is 0 Å². The second-order valence-electron chi connectivity index (χ2n) is 7.05. The Labute approximate surface area is 146 Å². The van der Waals surface area contributed by atoms with E-state index in [1.807, 2.05) is 0 Å². The maximum absolute atomic E-state index is 12.3. The van der Waals surface area contributed by atoms with E-state index in [0.717, 1.165) is 44.9 Å². The van der Waals surface area contributed by atoms with Crippen LogP contribution in [-0.2, 0) is 4.79 Å². The van der Waals surface area contributed by atoms with E-state index in [-0.39, 0.29) is 34.6 Å². The van der Waals surface area contributed by atoms with E-state index in [9.17, 15) is 9.59 Å². The molecular weight excluding hydrogens is 334 g/mol. The van der Waals surface area contributed by atoms with Gasteiger partial charge in [-0.2, -0.15) is 0 Å². The second kappa shape index (κ2) is 7.51. The van der Waals surface area contributed by atoms with Crippen LogP contribution in [0, 0.1) is 11.8 Å². The maximum atomic E-state index is 12.3. The van der Waals surface area contributed by atoms with Gasteiger partial charge in [-0.1, -0.05) is 12.8 Å². The van der Waals surface area contributed by atoms with Crippen LogP contribution in [0.3, 0.4) is 0 Å². The predicted octanol–water partition coefficient (Wildman–Crippen LogP) is 2.57. The first-order valence-electron chi connectivity index (χ1n) is 8.70. The zero-order valence-corrected chi connectivity index (χ0v) is 14.9. The molecule has 3 fully saturated rings. The summed E-state index contributed by atoms with van der Waals surface area (Å²) in [6.45, 7) is 0. The number of carbonyl (C=O) groups excluding carboxylic acids is 2. The molecule has 130 valence electrons. The topological polar surface area (TPSA) is 84.2 Å². The predicted molar refractivity (Wildman–Crippen MR) is 93.4 cm³/mol. The Hall–Kier alpha value is -0.620. The summed E-state index contributed by atoms with van der Waals surface area (Å²) < 4.78 is 0. The molecule has 1 saturated heterocycles. The van der Waals surface area contributed by atoms with Crippen LogP contribution in [0.25, 0.3) is 0 Å². The average molecular weight is 360 g/mol. The third-order valence-corrected chi connectivity index (χ3v) is 7.45. The largest absolute Gasteiger partial charge is 0.369 e. The molecule has 1 aliphatic heterocycles. The summed E-state index contributed by atoms with van der Waals surface area (Å²) in [5.74, 6) is -0.211. The van der Waals surface area contributed by atoms with Gasteiger partial charge in [-0.25, -0.2) is 4.79 Å². The number of carbonyl (C=O) groups is 2. The number of hydrogen-bond donors (Lipinski definition) is 3. The minimum Gasteiger partial charge on any atom is -0.369 e. The first kappa shape index (κ1) is 17.2. The van der Waals surface area contributed by atoms with Crippen molar-refractivity contribution < 1.29 is 9.59 Å². The minimum absolute atomic E-state index is 0.131. The Kier molecular flexibility index (Phi) is 5.62. The Morgan fingerprint density at radius 2 is 1.83 bits per heavy atom. The lowest BCUT2D eigenvalue weighted by atomic mass is 9.79. The standard InChI is InChI=1S/C16H26ClN3O2S/c17-9-4-3-5-10(8-9)19-16(22)20-15-13(14(18)21)11-6-1-2-7-12(11)23-15/h9-13,15H,1-8H2,(H2,18,21)(H2,19,20,22). The van der Waals surface area contributed by atoms with Gasteiger partial charge >= 0.3 is 6.03 Å². The molecule has 3 aliphatic rings. The Balaban J connectivity index is 1.57. The number of urea groups is 1. The lowest BCUT2D eigenvalue weighted by Gasteiger charge is -2.28. The van der Waals surface area contributed by atoms with Gasteiger partial charge in [0, 0.05) is 16.7 Å². The van der Waals surface area contributed by atoms with Crippen LogP contribution < -0.4 is 16.4 Å². The van der Waals surface area contributed by atoms with E-state index in [4.69, 9.17) is 17.3 Å². The van der Waals surface area contributed by atoms with E-state index < -0.39 is 0 Å². The van der Waals surface area contributed by atoms with Crippen molar-refractivity contribution in [3.8, 4) is 0 Å². The number of rotatable bonds is 3. The quantitative estimate of drug-likeness (QED) is 0.677. The zero-order valence-electron chi connectivity index (χ0n) is 13.3. The lowest BCUT2D eigenvalue weighted by molar-refractivity contribution is -0.123. The molecule has 0 spiro atoms. The Bertz CT molecular complexity index is 465. The molecule has 6 unspecified atom stereocenters. The first-order chi connectivity index (χ1) is 11.0. The third kappa shape index (κ3) is 4.08. The summed E-state index contributed by atoms with van der Waals surface area (Å²) in [6.07, 6.45) is 8.38. The number of hydrogen-bond acceptors (Lipinski definition) is 3. The number of fused-ring (bicyclic) bond motifs is 1. The Morgan fingerprint density at radius 3 is 2.57 bits per heavy atom. The molecule has 1 heterocycles. The van der Waals surface area contributed by atoms with Gasteiger partial charge in [-0.3, -0.25) is 4.79 Å². The van der Waals surface area contributed by atoms with E-state index in [1.54, 1.807) is 11.8 Å². The number of primary amides is 1. The summed E-state index contributed by atoms with van der Waals surface area (Å²) in [7, 11) is 0. The van der Waals surface area contributed by atoms with Crippen LogP contribution in [0.1, 0.15) is 51.4 Å². The SMILES string of the molecule is NC(=O)C1C(NC(=O)NC2CCCC(Cl)C2)SC2CCCCC21. The monoisotopic (exact) mass is 359 g/mol. The normalized spacial score (nSPS) is 40.2. The molecule has 23 heavy (non-hydrogen) atoms. The van der Waals surface area contributed by atoms with Gasteiger partial charge < -0.3 is 16.4 Å². The number of halogens is 1. The molecule has 3 amide bonds. The van der Waals surface area contributed by atoms with Crippen LogP contribution >= 0.6 is 23.4 Å². The minimum atomic E-state index is -0.282. The van der Waals surface area contributed by atoms with Gasteiger partial charge in [-0.15, -0.1) is 23.4 Å². The van der Waals surface area contributed by atoms with Crippen molar-refractivity contribution in [3.63, 3.8) is 0 Å². The molecule has 0 radical (unpaired) electrons. The van der Waals surface area contributed by atoms with Crippen molar-refractivity contribution in [1.29, 1.82) is 0 Å². The highest BCUT2D eigenvalue weighted by atomic mass is 35.5. The fourth-order valence-electron chi connectivity index (χ4n) is 4.30. The van der Waals surface area contributed by atoms with Crippen molar-refractivity contribution in [1.82, 2.24) is 10.6 Å². The first-order valence-corrected chi connectivity index (χ1v) is 10.1. The van der Waals surface area contributed by atoms with E-state index >= 15 is 0 Å². The number of nitrogens with one attached hydrogen (secondary N) is 2. The second-order valence-corrected chi connectivity index (χ2v) is 9.05. The average Bonchev–Trinajstić information content (AvgIpc) is 2.84. The summed E-state index contributed by atoms with van der Waals surface area (Å²) in [5, 5.41) is 6.42. The van der Waals surface area contributed by atoms with Gasteiger partial charge in [0.15, 0.2) is 0 Å². The van der Waals surface area contributed by atoms with Crippen molar-refractivity contribution >= 4 is 35.3 Å². The highest BCUT2D eigenvalue weighted by molar-refractivity contribution is 8.00. The molecule has 3 rings (SSSR count). The summed E-state index contributed by atoms with van der Waals surface area (Å²) >= 11 is 7.90. The highest BCUT2D eigenvalue weighted by Crippen LogP contribution is 2.48. The van der Waals surface area contributed by atoms with Crippen molar-refractivity contribution in [2.24, 2.45) is 17.6 Å². The molecule has 2 saturated carbocycles. The molecule has 0 bridgehead atoms. The molecule has 6 atom stereocenters. The summed E-state index contributed by atoms with van der Waals surface area (Å²) in [6, 6.07) is -0.0601. The summed E-state index contributed by atoms with van der Waals surface area (Å²) in [5.41, 5.74) is 5.63. The Morgan fingerprint density at radius 1 is 1.04 bits per heavy atom. The van der Waals surface area contributed by atoms with Gasteiger partial charge in [0.25, 0.3) is 0 Å². The number of amides is 3. The molecule has 0 aromatic rings. The third-order valence-electron chi connectivity index (χ3n) is 5.41. The maximum Gasteiger partial charge on any atom is 0.315 e. The van der Waals surface area contributed by atoms with Gasteiger partial charge in [0.1, 0.15) is 0 Å². The van der Waals surface area contributed by atoms with Gasteiger partial charge in [0.05, 0.1) is 11.3 Å². The molecule has 0 aromatic carbocycles. The van der Waals surface area contributed by atoms with Crippen LogP contribution in [0.15, 0.2) is 0 Å². The van der Waals surface area contributed by atoms with Crippen molar-refractivity contribution in [2.45, 2.75) is 73.4 Å². The number of thioether (sulfide) groups is 1. The van der Waals surface area contributed by atoms with Gasteiger partial charge in [0.2, 0.25) is 5.91 Å². The zero-order chi connectivity index (χ0) is 16.4. The smallest absolute Gasteiger partial charge is 0.315 e. The van der Waals surface area contributed by atoms with E-state index in [1.165, 1.54) is 6.42 Å². The summed E-state index contributed by atoms with van der Waals surface area (Å²) in [4.78, 5) is 24.2. The fraction of sp³-hybridized carbons (Fsp3) is 0.875. The van der Waals surface area contributed by atoms with Crippen LogP contribution in [-0.4, -0.2) is 34.0 Å². The molecule has 5 nitrogen and oxygen atoms in total. The molecule has 4 N–H and O–H groups in total. The molecule has 7 heteroatoms. The van der Waals surface area contributed by atoms with Gasteiger partial charge in [-0.05, 0) is 44.4 Å². The van der Waals surface area contributed by atoms with E-state index in [0.29, 0.717) is 11.2 Å². The number of nitrogens with two attached hydrogens (primary N) is 1. The molecular formula is C16H26ClN3O2S. The van der Waals surface area contributed by atoms with Crippen LogP contribution in [0.2, 0.25) is 0 Å². The van der Waals surface area contributed by atoms with E-state index in [2.05, 4.69) is 10.6 Å². The highest BCUT2D eigenvalue weighted by Gasteiger charge is 2.48. The number of alkyl halides is 1. The van der Waals surface area contributed by atoms with Crippen molar-refractivity contribution in [2.75, 3.05) is 0 Å². The van der Waals surface area contributed by atoms with Crippen LogP contribution in [0.4, 0.5) is 4.79 Å².